The number of carbonyl (C=O) groups is 2. The van der Waals surface area contributed by atoms with Crippen molar-refractivity contribution in [2.24, 2.45) is 5.92 Å². The maximum absolute atomic E-state index is 12.2. The fourth-order valence-electron chi connectivity index (χ4n) is 1.94. The first-order valence-corrected chi connectivity index (χ1v) is 7.03. The second-order valence-electron chi connectivity index (χ2n) is 4.90. The molecule has 0 aliphatic carbocycles. The number of anilines is 1. The molecule has 0 saturated heterocycles. The Morgan fingerprint density at radius 2 is 1.76 bits per heavy atom. The summed E-state index contributed by atoms with van der Waals surface area (Å²) in [5.41, 5.74) is 2.05. The van der Waals surface area contributed by atoms with Gasteiger partial charge in [-0.25, -0.2) is 0 Å². The molecule has 0 radical (unpaired) electrons. The standard InChI is InChI=1S/C17H16ClNO2/c1-11-8-9-14(18)10-15(11)19-17(21)12(2)16(20)13-6-4-3-5-7-13/h3-10,12H,1-2H3,(H,19,21). The highest BCUT2D eigenvalue weighted by Gasteiger charge is 2.23. The third-order valence-corrected chi connectivity index (χ3v) is 3.54. The van der Waals surface area contributed by atoms with E-state index in [1.807, 2.05) is 19.1 Å². The van der Waals surface area contributed by atoms with Crippen molar-refractivity contribution in [3.05, 3.63) is 64.7 Å². The number of hydrogen-bond acceptors (Lipinski definition) is 2. The predicted octanol–water partition coefficient (Wildman–Crippen LogP) is 4.11. The highest BCUT2D eigenvalue weighted by molar-refractivity contribution is 6.31. The van der Waals surface area contributed by atoms with Crippen LogP contribution >= 0.6 is 11.6 Å². The van der Waals surface area contributed by atoms with Gasteiger partial charge in [-0.15, -0.1) is 0 Å². The number of rotatable bonds is 4. The van der Waals surface area contributed by atoms with Crippen molar-refractivity contribution in [3.63, 3.8) is 0 Å². The van der Waals surface area contributed by atoms with Crippen LogP contribution < -0.4 is 5.32 Å². The molecular formula is C17H16ClNO2. The van der Waals surface area contributed by atoms with Crippen molar-refractivity contribution in [2.75, 3.05) is 5.32 Å². The Morgan fingerprint density at radius 1 is 1.10 bits per heavy atom. The first-order valence-electron chi connectivity index (χ1n) is 6.65. The number of amides is 1. The van der Waals surface area contributed by atoms with Gasteiger partial charge in [-0.3, -0.25) is 9.59 Å². The molecule has 108 valence electrons. The molecule has 0 heterocycles. The summed E-state index contributed by atoms with van der Waals surface area (Å²) in [6, 6.07) is 14.0. The van der Waals surface area contributed by atoms with Crippen LogP contribution in [0.2, 0.25) is 5.02 Å². The number of ketones is 1. The van der Waals surface area contributed by atoms with E-state index in [4.69, 9.17) is 11.6 Å². The van der Waals surface area contributed by atoms with Crippen LogP contribution in [0.25, 0.3) is 0 Å². The van der Waals surface area contributed by atoms with Gasteiger partial charge in [0.2, 0.25) is 5.91 Å². The SMILES string of the molecule is Cc1ccc(Cl)cc1NC(=O)C(C)C(=O)c1ccccc1. The van der Waals surface area contributed by atoms with E-state index in [-0.39, 0.29) is 11.7 Å². The maximum Gasteiger partial charge on any atom is 0.235 e. The zero-order chi connectivity index (χ0) is 15.4. The van der Waals surface area contributed by atoms with E-state index in [0.29, 0.717) is 16.3 Å². The van der Waals surface area contributed by atoms with Crippen LogP contribution in [0, 0.1) is 12.8 Å². The molecule has 3 nitrogen and oxygen atoms in total. The Balaban J connectivity index is 2.13. The molecular weight excluding hydrogens is 286 g/mol. The number of benzene rings is 2. The molecule has 0 fully saturated rings. The Hall–Kier alpha value is -2.13. The first kappa shape index (κ1) is 15.3. The zero-order valence-electron chi connectivity index (χ0n) is 11.9. The van der Waals surface area contributed by atoms with Crippen LogP contribution in [-0.2, 0) is 4.79 Å². The normalized spacial score (nSPS) is 11.8. The van der Waals surface area contributed by atoms with Gasteiger partial charge in [0.1, 0.15) is 0 Å². The minimum atomic E-state index is -0.759. The summed E-state index contributed by atoms with van der Waals surface area (Å²) >= 11 is 5.92. The van der Waals surface area contributed by atoms with Gasteiger partial charge >= 0.3 is 0 Å². The second kappa shape index (κ2) is 6.55. The Bertz CT molecular complexity index is 668. The van der Waals surface area contributed by atoms with Crippen molar-refractivity contribution in [3.8, 4) is 0 Å². The van der Waals surface area contributed by atoms with Crippen LogP contribution in [0.4, 0.5) is 5.69 Å². The minimum Gasteiger partial charge on any atom is -0.325 e. The lowest BCUT2D eigenvalue weighted by molar-refractivity contribution is -0.118. The van der Waals surface area contributed by atoms with E-state index in [1.165, 1.54) is 0 Å². The summed E-state index contributed by atoms with van der Waals surface area (Å²) in [7, 11) is 0. The van der Waals surface area contributed by atoms with E-state index in [9.17, 15) is 9.59 Å². The van der Waals surface area contributed by atoms with Gasteiger partial charge in [0.05, 0.1) is 5.92 Å². The lowest BCUT2D eigenvalue weighted by Gasteiger charge is -2.13. The molecule has 0 aromatic heterocycles. The molecule has 1 N–H and O–H groups in total. The van der Waals surface area contributed by atoms with E-state index >= 15 is 0 Å². The van der Waals surface area contributed by atoms with Crippen molar-refractivity contribution in [1.29, 1.82) is 0 Å². The van der Waals surface area contributed by atoms with Gasteiger partial charge in [0, 0.05) is 16.3 Å². The highest BCUT2D eigenvalue weighted by atomic mass is 35.5. The quantitative estimate of drug-likeness (QED) is 0.682. The zero-order valence-corrected chi connectivity index (χ0v) is 12.6. The largest absolute Gasteiger partial charge is 0.325 e. The number of aryl methyl sites for hydroxylation is 1. The molecule has 21 heavy (non-hydrogen) atoms. The maximum atomic E-state index is 12.2. The molecule has 1 unspecified atom stereocenters. The number of hydrogen-bond donors (Lipinski definition) is 1. The molecule has 0 aliphatic heterocycles. The molecule has 0 saturated carbocycles. The third-order valence-electron chi connectivity index (χ3n) is 3.30. The number of halogens is 1. The summed E-state index contributed by atoms with van der Waals surface area (Å²) in [5, 5.41) is 3.30. The third kappa shape index (κ3) is 3.70. The van der Waals surface area contributed by atoms with Gasteiger partial charge in [0.15, 0.2) is 5.78 Å². The number of nitrogens with one attached hydrogen (secondary N) is 1. The topological polar surface area (TPSA) is 46.2 Å². The minimum absolute atomic E-state index is 0.201. The summed E-state index contributed by atoms with van der Waals surface area (Å²) in [5.74, 6) is -1.30. The summed E-state index contributed by atoms with van der Waals surface area (Å²) in [4.78, 5) is 24.5. The van der Waals surface area contributed by atoms with Gasteiger partial charge < -0.3 is 5.32 Å². The smallest absolute Gasteiger partial charge is 0.235 e. The van der Waals surface area contributed by atoms with Crippen molar-refractivity contribution >= 4 is 29.0 Å². The van der Waals surface area contributed by atoms with Crippen molar-refractivity contribution in [2.45, 2.75) is 13.8 Å². The molecule has 0 bridgehead atoms. The molecule has 0 aliphatic rings. The predicted molar refractivity (Wildman–Crippen MR) is 84.8 cm³/mol. The van der Waals surface area contributed by atoms with E-state index in [1.54, 1.807) is 43.3 Å². The van der Waals surface area contributed by atoms with Crippen molar-refractivity contribution in [1.82, 2.24) is 0 Å². The molecule has 1 amide bonds. The molecule has 2 aromatic rings. The van der Waals surface area contributed by atoms with Crippen LogP contribution in [0.15, 0.2) is 48.5 Å². The number of carbonyl (C=O) groups excluding carboxylic acids is 2. The van der Waals surface area contributed by atoms with Crippen LogP contribution in [0.3, 0.4) is 0 Å². The van der Waals surface area contributed by atoms with Crippen LogP contribution in [0.1, 0.15) is 22.8 Å². The van der Waals surface area contributed by atoms with Crippen molar-refractivity contribution < 1.29 is 9.59 Å². The fourth-order valence-corrected chi connectivity index (χ4v) is 2.11. The van der Waals surface area contributed by atoms with Gasteiger partial charge in [-0.2, -0.15) is 0 Å². The average Bonchev–Trinajstić information content (AvgIpc) is 2.50. The van der Waals surface area contributed by atoms with Gasteiger partial charge in [-0.1, -0.05) is 48.0 Å². The number of Topliss-reactive ketones (excluding diaryl/α,β-unsaturated/α-hetero) is 1. The lowest BCUT2D eigenvalue weighted by atomic mass is 9.98. The first-order chi connectivity index (χ1) is 9.99. The Kier molecular flexibility index (Phi) is 4.76. The van der Waals surface area contributed by atoms with E-state index < -0.39 is 5.92 Å². The molecule has 4 heteroatoms. The van der Waals surface area contributed by atoms with Gasteiger partial charge in [0.25, 0.3) is 0 Å². The van der Waals surface area contributed by atoms with Crippen LogP contribution in [-0.4, -0.2) is 11.7 Å². The fraction of sp³-hybridized carbons (Fsp3) is 0.176. The van der Waals surface area contributed by atoms with Crippen LogP contribution in [0.5, 0.6) is 0 Å². The molecule has 0 spiro atoms. The second-order valence-corrected chi connectivity index (χ2v) is 5.34. The average molecular weight is 302 g/mol. The summed E-state index contributed by atoms with van der Waals surface area (Å²) < 4.78 is 0. The lowest BCUT2D eigenvalue weighted by Crippen LogP contribution is -2.27. The van der Waals surface area contributed by atoms with E-state index in [2.05, 4.69) is 5.32 Å². The summed E-state index contributed by atoms with van der Waals surface area (Å²) in [6.07, 6.45) is 0. The van der Waals surface area contributed by atoms with Gasteiger partial charge in [-0.05, 0) is 31.5 Å². The van der Waals surface area contributed by atoms with E-state index in [0.717, 1.165) is 5.56 Å². The molecule has 1 atom stereocenters. The Labute approximate surface area is 128 Å². The summed E-state index contributed by atoms with van der Waals surface area (Å²) in [6.45, 7) is 3.47. The molecule has 2 rings (SSSR count). The molecule has 2 aromatic carbocycles. The Morgan fingerprint density at radius 3 is 2.43 bits per heavy atom. The highest BCUT2D eigenvalue weighted by Crippen LogP contribution is 2.21. The monoisotopic (exact) mass is 301 g/mol.